The van der Waals surface area contributed by atoms with Crippen molar-refractivity contribution in [1.82, 2.24) is 20.1 Å². The first kappa shape index (κ1) is 17.0. The maximum atomic E-state index is 12.2. The molecule has 7 nitrogen and oxygen atoms in total. The van der Waals surface area contributed by atoms with Crippen LogP contribution in [0.4, 0.5) is 4.79 Å². The van der Waals surface area contributed by atoms with Crippen LogP contribution in [-0.4, -0.2) is 32.0 Å². The summed E-state index contributed by atoms with van der Waals surface area (Å²) < 4.78 is 2.11. The molecule has 24 heavy (non-hydrogen) atoms. The van der Waals surface area contributed by atoms with Gasteiger partial charge in [0, 0.05) is 6.04 Å². The number of nitrogens with zero attached hydrogens (tertiary/aromatic N) is 3. The Bertz CT molecular complexity index is 737. The third-order valence-electron chi connectivity index (χ3n) is 3.66. The Morgan fingerprint density at radius 1 is 1.42 bits per heavy atom. The molecule has 3 amide bonds. The van der Waals surface area contributed by atoms with Crippen LogP contribution in [0.2, 0.25) is 0 Å². The summed E-state index contributed by atoms with van der Waals surface area (Å²) in [7, 11) is 0. The summed E-state index contributed by atoms with van der Waals surface area (Å²) in [5.41, 5.74) is 5.07. The molecule has 128 valence electrons. The van der Waals surface area contributed by atoms with Crippen molar-refractivity contribution in [2.45, 2.75) is 43.1 Å². The number of carbonyl (C=O) groups excluding carboxylic acids is 2. The molecule has 0 saturated heterocycles. The molecule has 0 unspecified atom stereocenters. The number of carbonyl (C=O) groups is 2. The van der Waals surface area contributed by atoms with Gasteiger partial charge in [-0.1, -0.05) is 31.7 Å². The van der Waals surface area contributed by atoms with Crippen LogP contribution in [0.3, 0.4) is 0 Å². The summed E-state index contributed by atoms with van der Waals surface area (Å²) in [6.45, 7) is 3.85. The molecule has 2 aromatic rings. The Balaban J connectivity index is 1.88. The highest BCUT2D eigenvalue weighted by Crippen LogP contribution is 2.42. The van der Waals surface area contributed by atoms with E-state index in [9.17, 15) is 9.59 Å². The van der Waals surface area contributed by atoms with Crippen LogP contribution in [0, 0.1) is 5.92 Å². The van der Waals surface area contributed by atoms with Crippen molar-refractivity contribution < 1.29 is 9.59 Å². The van der Waals surface area contributed by atoms with Crippen LogP contribution in [0.15, 0.2) is 22.7 Å². The van der Waals surface area contributed by atoms with Crippen molar-refractivity contribution in [2.24, 2.45) is 11.7 Å². The van der Waals surface area contributed by atoms with E-state index in [1.807, 2.05) is 31.4 Å². The Hall–Kier alpha value is -1.87. The lowest BCUT2D eigenvalue weighted by Crippen LogP contribution is -2.42. The fourth-order valence-corrected chi connectivity index (χ4v) is 4.20. The van der Waals surface area contributed by atoms with E-state index < -0.39 is 17.2 Å². The lowest BCUT2D eigenvalue weighted by Gasteiger charge is -2.18. The summed E-state index contributed by atoms with van der Waals surface area (Å²) in [5, 5.41) is 13.1. The molecule has 0 aliphatic heterocycles. The van der Waals surface area contributed by atoms with Gasteiger partial charge in [0.25, 0.3) is 0 Å². The van der Waals surface area contributed by atoms with Crippen LogP contribution < -0.4 is 11.1 Å². The number of amides is 3. The fourth-order valence-electron chi connectivity index (χ4n) is 2.39. The zero-order chi connectivity index (χ0) is 17.3. The molecule has 0 aromatic carbocycles. The zero-order valence-electron chi connectivity index (χ0n) is 13.4. The number of rotatable bonds is 6. The quantitative estimate of drug-likeness (QED) is 0.766. The summed E-state index contributed by atoms with van der Waals surface area (Å²) in [6.07, 6.45) is 2.17. The molecular weight excluding hydrogens is 346 g/mol. The first-order valence-electron chi connectivity index (χ1n) is 7.73. The van der Waals surface area contributed by atoms with Crippen LogP contribution in [-0.2, 0) is 4.79 Å². The van der Waals surface area contributed by atoms with Gasteiger partial charge in [0.15, 0.2) is 11.0 Å². The first-order valence-corrected chi connectivity index (χ1v) is 9.49. The number of imide groups is 1. The molecule has 1 aliphatic carbocycles. The van der Waals surface area contributed by atoms with Crippen molar-refractivity contribution in [3.8, 4) is 10.7 Å². The number of hydrogen-bond donors (Lipinski definition) is 2. The van der Waals surface area contributed by atoms with Gasteiger partial charge >= 0.3 is 6.03 Å². The summed E-state index contributed by atoms with van der Waals surface area (Å²) in [6, 6.07) is 3.54. The van der Waals surface area contributed by atoms with Crippen molar-refractivity contribution >= 4 is 35.0 Å². The van der Waals surface area contributed by atoms with E-state index in [4.69, 9.17) is 5.73 Å². The Morgan fingerprint density at radius 2 is 2.17 bits per heavy atom. The van der Waals surface area contributed by atoms with Crippen molar-refractivity contribution in [3.63, 3.8) is 0 Å². The summed E-state index contributed by atoms with van der Waals surface area (Å²) in [5.74, 6) is 0.460. The van der Waals surface area contributed by atoms with E-state index in [1.165, 1.54) is 11.8 Å². The molecule has 1 saturated carbocycles. The maximum Gasteiger partial charge on any atom is 0.318 e. The molecule has 2 aromatic heterocycles. The summed E-state index contributed by atoms with van der Waals surface area (Å²) >= 11 is 2.95. The smallest absolute Gasteiger partial charge is 0.318 e. The van der Waals surface area contributed by atoms with E-state index in [0.29, 0.717) is 11.2 Å². The lowest BCUT2D eigenvalue weighted by molar-refractivity contribution is -0.120. The van der Waals surface area contributed by atoms with Crippen LogP contribution >= 0.6 is 23.1 Å². The van der Waals surface area contributed by atoms with E-state index in [-0.39, 0.29) is 5.92 Å². The number of aromatic nitrogens is 3. The number of thioether (sulfide) groups is 1. The van der Waals surface area contributed by atoms with Gasteiger partial charge in [0.2, 0.25) is 5.91 Å². The van der Waals surface area contributed by atoms with Crippen molar-refractivity contribution in [1.29, 1.82) is 0 Å². The van der Waals surface area contributed by atoms with Crippen LogP contribution in [0.1, 0.15) is 32.7 Å². The predicted octanol–water partition coefficient (Wildman–Crippen LogP) is 2.65. The molecule has 0 bridgehead atoms. The van der Waals surface area contributed by atoms with Crippen LogP contribution in [0.5, 0.6) is 0 Å². The van der Waals surface area contributed by atoms with E-state index in [0.717, 1.165) is 23.5 Å². The maximum absolute atomic E-state index is 12.2. The average Bonchev–Trinajstić information content (AvgIpc) is 3.04. The third-order valence-corrected chi connectivity index (χ3v) is 6.03. The molecule has 3 rings (SSSR count). The highest BCUT2D eigenvalue weighted by Gasteiger charge is 2.33. The van der Waals surface area contributed by atoms with Crippen molar-refractivity contribution in [3.05, 3.63) is 17.5 Å². The van der Waals surface area contributed by atoms with Gasteiger partial charge < -0.3 is 5.73 Å². The second-order valence-corrected chi connectivity index (χ2v) is 8.08. The zero-order valence-corrected chi connectivity index (χ0v) is 15.1. The second-order valence-electron chi connectivity index (χ2n) is 6.02. The van der Waals surface area contributed by atoms with E-state index in [1.54, 1.807) is 11.3 Å². The first-order chi connectivity index (χ1) is 11.5. The molecule has 1 fully saturated rings. The third kappa shape index (κ3) is 3.62. The highest BCUT2D eigenvalue weighted by molar-refractivity contribution is 8.00. The molecule has 2 heterocycles. The van der Waals surface area contributed by atoms with E-state index in [2.05, 4.69) is 20.1 Å². The standard InChI is InChI=1S/C15H19N5O2S2/c1-8(2)11(13(21)17-14(16)22)24-15-19-18-12(10-4-3-7-23-10)20(15)9-5-6-9/h3-4,7-9,11H,5-6H2,1-2H3,(H3,16,17,21,22)/t11-/m1/s1. The predicted molar refractivity (Wildman–Crippen MR) is 93.8 cm³/mol. The van der Waals surface area contributed by atoms with Gasteiger partial charge in [0.05, 0.1) is 10.1 Å². The summed E-state index contributed by atoms with van der Waals surface area (Å²) in [4.78, 5) is 24.3. The number of primary amides is 1. The minimum absolute atomic E-state index is 0.0175. The van der Waals surface area contributed by atoms with Gasteiger partial charge in [0.1, 0.15) is 0 Å². The average molecular weight is 365 g/mol. The molecule has 0 spiro atoms. The van der Waals surface area contributed by atoms with Gasteiger partial charge in [-0.25, -0.2) is 4.79 Å². The number of hydrogen-bond acceptors (Lipinski definition) is 6. The fraction of sp³-hybridized carbons (Fsp3) is 0.467. The normalized spacial score (nSPS) is 15.5. The van der Waals surface area contributed by atoms with Crippen molar-refractivity contribution in [2.75, 3.05) is 0 Å². The lowest BCUT2D eigenvalue weighted by atomic mass is 10.1. The van der Waals surface area contributed by atoms with Gasteiger partial charge in [-0.15, -0.1) is 21.5 Å². The van der Waals surface area contributed by atoms with E-state index >= 15 is 0 Å². The number of thiophene rings is 1. The molecule has 1 aliphatic rings. The van der Waals surface area contributed by atoms with Gasteiger partial charge in [-0.2, -0.15) is 0 Å². The number of nitrogens with two attached hydrogens (primary N) is 1. The largest absolute Gasteiger partial charge is 0.351 e. The molecule has 9 heteroatoms. The SMILES string of the molecule is CC(C)[C@@H](Sc1nnc(-c2cccs2)n1C1CC1)C(=O)NC(N)=O. The number of urea groups is 1. The van der Waals surface area contributed by atoms with Crippen LogP contribution in [0.25, 0.3) is 10.7 Å². The molecule has 3 N–H and O–H groups in total. The van der Waals surface area contributed by atoms with Gasteiger partial charge in [-0.3, -0.25) is 14.7 Å². The molecule has 0 radical (unpaired) electrons. The Kier molecular flexibility index (Phi) is 4.91. The second kappa shape index (κ2) is 6.94. The highest BCUT2D eigenvalue weighted by atomic mass is 32.2. The number of nitrogens with one attached hydrogen (secondary N) is 1. The molecular formula is C15H19N5O2S2. The Morgan fingerprint density at radius 3 is 2.71 bits per heavy atom. The Labute approximate surface area is 148 Å². The monoisotopic (exact) mass is 365 g/mol. The molecule has 1 atom stereocenters. The minimum Gasteiger partial charge on any atom is -0.351 e. The minimum atomic E-state index is -0.839. The topological polar surface area (TPSA) is 103 Å². The van der Waals surface area contributed by atoms with Gasteiger partial charge in [-0.05, 0) is 30.2 Å².